The van der Waals surface area contributed by atoms with Gasteiger partial charge in [-0.15, -0.1) is 0 Å². The number of hydrogen-bond donors (Lipinski definition) is 2. The lowest BCUT2D eigenvalue weighted by atomic mass is 10.1. The first-order valence-corrected chi connectivity index (χ1v) is 10.1. The number of alkyl halides is 3. The third-order valence-electron chi connectivity index (χ3n) is 3.95. The number of sulfonamides is 1. The van der Waals surface area contributed by atoms with E-state index in [-0.39, 0.29) is 9.92 Å². The zero-order valence-corrected chi connectivity index (χ0v) is 17.2. The van der Waals surface area contributed by atoms with Crippen LogP contribution < -0.4 is 14.8 Å². The maximum Gasteiger partial charge on any atom is 0.418 e. The van der Waals surface area contributed by atoms with Gasteiger partial charge in [0.25, 0.3) is 0 Å². The Balaban J connectivity index is 2.20. The van der Waals surface area contributed by atoms with Crippen molar-refractivity contribution in [3.05, 3.63) is 52.5 Å². The lowest BCUT2D eigenvalue weighted by molar-refractivity contribution is -0.137. The molecule has 0 aliphatic rings. The number of benzene rings is 2. The van der Waals surface area contributed by atoms with Crippen molar-refractivity contribution in [2.24, 2.45) is 0 Å². The quantitative estimate of drug-likeness (QED) is 0.697. The molecule has 0 heterocycles. The van der Waals surface area contributed by atoms with Gasteiger partial charge in [0, 0.05) is 5.02 Å². The summed E-state index contributed by atoms with van der Waals surface area (Å²) in [5.41, 5.74) is -1.11. The van der Waals surface area contributed by atoms with Crippen molar-refractivity contribution < 1.29 is 31.1 Å². The Hall–Kier alpha value is -2.30. The standard InChI is InChI=1S/C18H18ClF3N2O4S/c1-10-8-13(5-7-16(10)28-3)29(26,27)24-11(2)17(25)23-15-6-4-12(19)9-14(15)18(20,21)22/h4-9,11,24H,1-3H3,(H,23,25)/t11-/m0/s1. The summed E-state index contributed by atoms with van der Waals surface area (Å²) in [4.78, 5) is 12.2. The van der Waals surface area contributed by atoms with E-state index in [1.165, 1.54) is 38.3 Å². The summed E-state index contributed by atoms with van der Waals surface area (Å²) in [6.45, 7) is 2.86. The Kier molecular flexibility index (Phi) is 6.82. The van der Waals surface area contributed by atoms with E-state index in [1.54, 1.807) is 6.92 Å². The average molecular weight is 451 g/mol. The summed E-state index contributed by atoms with van der Waals surface area (Å²) in [5.74, 6) is -0.483. The number of amides is 1. The van der Waals surface area contributed by atoms with Gasteiger partial charge in [-0.05, 0) is 55.8 Å². The summed E-state index contributed by atoms with van der Waals surface area (Å²) in [7, 11) is -2.66. The third-order valence-corrected chi connectivity index (χ3v) is 5.72. The maximum absolute atomic E-state index is 13.1. The van der Waals surface area contributed by atoms with Crippen LogP contribution in [0.15, 0.2) is 41.3 Å². The number of halogens is 4. The summed E-state index contributed by atoms with van der Waals surface area (Å²) in [6.07, 6.45) is -4.75. The van der Waals surface area contributed by atoms with Crippen molar-refractivity contribution in [3.8, 4) is 5.75 Å². The minimum absolute atomic E-state index is 0.113. The van der Waals surface area contributed by atoms with Crippen LogP contribution in [-0.2, 0) is 21.0 Å². The Bertz CT molecular complexity index is 1030. The number of anilines is 1. The number of ether oxygens (including phenoxy) is 1. The highest BCUT2D eigenvalue weighted by Crippen LogP contribution is 2.36. The predicted molar refractivity (Wildman–Crippen MR) is 103 cm³/mol. The van der Waals surface area contributed by atoms with Crippen LogP contribution in [0, 0.1) is 6.92 Å². The number of nitrogens with one attached hydrogen (secondary N) is 2. The molecule has 1 atom stereocenters. The molecule has 0 aliphatic heterocycles. The van der Waals surface area contributed by atoms with Gasteiger partial charge in [-0.25, -0.2) is 8.42 Å². The molecule has 2 rings (SSSR count). The van der Waals surface area contributed by atoms with Crippen molar-refractivity contribution in [1.29, 1.82) is 0 Å². The maximum atomic E-state index is 13.1. The molecule has 0 fully saturated rings. The fourth-order valence-corrected chi connectivity index (χ4v) is 3.93. The van der Waals surface area contributed by atoms with E-state index >= 15 is 0 Å². The van der Waals surface area contributed by atoms with Gasteiger partial charge in [0.05, 0.1) is 29.3 Å². The fraction of sp³-hybridized carbons (Fsp3) is 0.278. The number of rotatable bonds is 6. The molecule has 6 nitrogen and oxygen atoms in total. The molecule has 1 amide bonds. The van der Waals surface area contributed by atoms with Crippen molar-refractivity contribution >= 4 is 33.2 Å². The first-order valence-electron chi connectivity index (χ1n) is 8.19. The van der Waals surface area contributed by atoms with E-state index in [2.05, 4.69) is 10.0 Å². The molecular weight excluding hydrogens is 433 g/mol. The molecule has 0 spiro atoms. The Morgan fingerprint density at radius 2 is 1.83 bits per heavy atom. The first kappa shape index (κ1) is 23.0. The van der Waals surface area contributed by atoms with Gasteiger partial charge >= 0.3 is 6.18 Å². The number of methoxy groups -OCH3 is 1. The zero-order valence-electron chi connectivity index (χ0n) is 15.6. The van der Waals surface area contributed by atoms with Gasteiger partial charge in [-0.2, -0.15) is 17.9 Å². The molecule has 0 saturated carbocycles. The molecule has 2 aromatic rings. The van der Waals surface area contributed by atoms with Gasteiger partial charge in [-0.3, -0.25) is 4.79 Å². The Morgan fingerprint density at radius 1 is 1.17 bits per heavy atom. The summed E-state index contributed by atoms with van der Waals surface area (Å²) in [5, 5.41) is 1.93. The Morgan fingerprint density at radius 3 is 2.38 bits per heavy atom. The highest BCUT2D eigenvalue weighted by molar-refractivity contribution is 7.89. The topological polar surface area (TPSA) is 84.5 Å². The van der Waals surface area contributed by atoms with E-state index in [9.17, 15) is 26.4 Å². The molecule has 0 unspecified atom stereocenters. The molecule has 0 radical (unpaired) electrons. The lowest BCUT2D eigenvalue weighted by Gasteiger charge is -2.18. The molecule has 2 aromatic carbocycles. The van der Waals surface area contributed by atoms with E-state index in [0.717, 1.165) is 6.07 Å². The predicted octanol–water partition coefficient (Wildman–Crippen LogP) is 3.98. The van der Waals surface area contributed by atoms with Crippen LogP contribution in [0.1, 0.15) is 18.1 Å². The third kappa shape index (κ3) is 5.62. The van der Waals surface area contributed by atoms with E-state index in [1.807, 2.05) is 0 Å². The van der Waals surface area contributed by atoms with Crippen LogP contribution in [-0.4, -0.2) is 27.5 Å². The van der Waals surface area contributed by atoms with Crippen molar-refractivity contribution in [2.75, 3.05) is 12.4 Å². The molecule has 2 N–H and O–H groups in total. The minimum Gasteiger partial charge on any atom is -0.496 e. The molecule has 0 bridgehead atoms. The average Bonchev–Trinajstić information content (AvgIpc) is 2.61. The van der Waals surface area contributed by atoms with Crippen molar-refractivity contribution in [2.45, 2.75) is 31.0 Å². The highest BCUT2D eigenvalue weighted by atomic mass is 35.5. The summed E-state index contributed by atoms with van der Waals surface area (Å²) >= 11 is 5.60. The Labute approximate surface area is 171 Å². The van der Waals surface area contributed by atoms with Gasteiger partial charge in [-0.1, -0.05) is 11.6 Å². The molecule has 0 aromatic heterocycles. The first-order chi connectivity index (χ1) is 13.3. The molecule has 158 valence electrons. The lowest BCUT2D eigenvalue weighted by Crippen LogP contribution is -2.41. The van der Waals surface area contributed by atoms with Gasteiger partial charge in [0.1, 0.15) is 5.75 Å². The number of hydrogen-bond acceptors (Lipinski definition) is 4. The van der Waals surface area contributed by atoms with E-state index in [4.69, 9.17) is 16.3 Å². The van der Waals surface area contributed by atoms with Crippen LogP contribution in [0.4, 0.5) is 18.9 Å². The molecule has 11 heteroatoms. The molecular formula is C18H18ClF3N2O4S. The van der Waals surface area contributed by atoms with Crippen molar-refractivity contribution in [1.82, 2.24) is 4.72 Å². The molecule has 0 saturated heterocycles. The molecule has 0 aliphatic carbocycles. The van der Waals surface area contributed by atoms with Crippen LogP contribution >= 0.6 is 11.6 Å². The number of carbonyl (C=O) groups is 1. The largest absolute Gasteiger partial charge is 0.496 e. The minimum atomic E-state index is -4.75. The summed E-state index contributed by atoms with van der Waals surface area (Å²) < 4.78 is 71.6. The van der Waals surface area contributed by atoms with Gasteiger partial charge in [0.15, 0.2) is 0 Å². The highest BCUT2D eigenvalue weighted by Gasteiger charge is 2.34. The second-order valence-electron chi connectivity index (χ2n) is 6.15. The van der Waals surface area contributed by atoms with Crippen LogP contribution in [0.2, 0.25) is 5.02 Å². The normalized spacial score (nSPS) is 13.1. The van der Waals surface area contributed by atoms with Crippen LogP contribution in [0.3, 0.4) is 0 Å². The number of aryl methyl sites for hydroxylation is 1. The van der Waals surface area contributed by atoms with E-state index < -0.39 is 39.4 Å². The summed E-state index contributed by atoms with van der Waals surface area (Å²) in [6, 6.07) is 5.61. The number of carbonyl (C=O) groups excluding carboxylic acids is 1. The monoisotopic (exact) mass is 450 g/mol. The van der Waals surface area contributed by atoms with Crippen LogP contribution in [0.5, 0.6) is 5.75 Å². The SMILES string of the molecule is COc1ccc(S(=O)(=O)N[C@@H](C)C(=O)Nc2ccc(Cl)cc2C(F)(F)F)cc1C. The second-order valence-corrected chi connectivity index (χ2v) is 8.30. The van der Waals surface area contributed by atoms with Crippen molar-refractivity contribution in [3.63, 3.8) is 0 Å². The van der Waals surface area contributed by atoms with Crippen LogP contribution in [0.25, 0.3) is 0 Å². The fourth-order valence-electron chi connectivity index (χ4n) is 2.47. The second kappa shape index (κ2) is 8.60. The van der Waals surface area contributed by atoms with Gasteiger partial charge < -0.3 is 10.1 Å². The molecule has 29 heavy (non-hydrogen) atoms. The van der Waals surface area contributed by atoms with Gasteiger partial charge in [0.2, 0.25) is 15.9 Å². The van der Waals surface area contributed by atoms with E-state index in [0.29, 0.717) is 17.4 Å². The smallest absolute Gasteiger partial charge is 0.418 e. The zero-order chi connectivity index (χ0) is 22.0.